The molecule has 0 saturated carbocycles. The van der Waals surface area contributed by atoms with E-state index in [4.69, 9.17) is 5.73 Å². The van der Waals surface area contributed by atoms with Crippen LogP contribution in [0.25, 0.3) is 10.8 Å². The molecule has 3 heteroatoms. The van der Waals surface area contributed by atoms with Crippen LogP contribution in [0.3, 0.4) is 0 Å². The Bertz CT molecular complexity index is 590. The zero-order valence-electron chi connectivity index (χ0n) is 12.4. The van der Waals surface area contributed by atoms with E-state index in [0.717, 1.165) is 16.8 Å². The Hall–Kier alpha value is -1.77. The third-order valence-corrected chi connectivity index (χ3v) is 4.00. The van der Waals surface area contributed by atoms with E-state index in [-0.39, 0.29) is 0 Å². The number of rotatable bonds is 3. The molecule has 0 saturated heterocycles. The number of hydrogen-bond acceptors (Lipinski definition) is 3. The number of anilines is 2. The Morgan fingerprint density at radius 2 is 1.84 bits per heavy atom. The van der Waals surface area contributed by atoms with Crippen molar-refractivity contribution < 1.29 is 0 Å². The summed E-state index contributed by atoms with van der Waals surface area (Å²) < 4.78 is 0. The van der Waals surface area contributed by atoms with Gasteiger partial charge in [0.15, 0.2) is 0 Å². The molecule has 0 aliphatic heterocycles. The van der Waals surface area contributed by atoms with Gasteiger partial charge in [0, 0.05) is 47.1 Å². The molecule has 0 aliphatic rings. The summed E-state index contributed by atoms with van der Waals surface area (Å²) in [5.74, 6) is 0.598. The smallest absolute Gasteiger partial charge is 0.0448 e. The standard InChI is InChI=1S/C16H23N3/c1-10(2)12(4)19(5)16-7-6-15(17)14-9-18-11(3)8-13(14)16/h6-10,12H,17H2,1-5H3. The van der Waals surface area contributed by atoms with Gasteiger partial charge in [-0.15, -0.1) is 0 Å². The lowest BCUT2D eigenvalue weighted by Crippen LogP contribution is -2.33. The van der Waals surface area contributed by atoms with Gasteiger partial charge >= 0.3 is 0 Å². The van der Waals surface area contributed by atoms with Crippen LogP contribution in [0.4, 0.5) is 11.4 Å². The maximum absolute atomic E-state index is 6.05. The average Bonchev–Trinajstić information content (AvgIpc) is 2.37. The Kier molecular flexibility index (Phi) is 3.65. The second-order valence-electron chi connectivity index (χ2n) is 5.64. The van der Waals surface area contributed by atoms with Gasteiger partial charge in [0.05, 0.1) is 0 Å². The summed E-state index contributed by atoms with van der Waals surface area (Å²) in [7, 11) is 2.14. The first kappa shape index (κ1) is 13.7. The summed E-state index contributed by atoms with van der Waals surface area (Å²) in [5.41, 5.74) is 9.08. The van der Waals surface area contributed by atoms with Gasteiger partial charge in [-0.1, -0.05) is 13.8 Å². The predicted molar refractivity (Wildman–Crippen MR) is 83.6 cm³/mol. The number of pyridine rings is 1. The Labute approximate surface area is 115 Å². The van der Waals surface area contributed by atoms with E-state index < -0.39 is 0 Å². The van der Waals surface area contributed by atoms with Gasteiger partial charge in [-0.2, -0.15) is 0 Å². The van der Waals surface area contributed by atoms with Crippen molar-refractivity contribution in [3.05, 3.63) is 30.1 Å². The number of benzene rings is 1. The lowest BCUT2D eigenvalue weighted by Gasteiger charge is -2.31. The fourth-order valence-corrected chi connectivity index (χ4v) is 2.32. The van der Waals surface area contributed by atoms with Crippen LogP contribution in [-0.4, -0.2) is 18.1 Å². The number of fused-ring (bicyclic) bond motifs is 1. The number of hydrogen-bond donors (Lipinski definition) is 1. The maximum Gasteiger partial charge on any atom is 0.0448 e. The lowest BCUT2D eigenvalue weighted by molar-refractivity contribution is 0.506. The SMILES string of the molecule is Cc1cc2c(N(C)C(C)C(C)C)ccc(N)c2cn1. The molecule has 2 N–H and O–H groups in total. The highest BCUT2D eigenvalue weighted by Gasteiger charge is 2.16. The quantitative estimate of drug-likeness (QED) is 0.854. The first-order valence-electron chi connectivity index (χ1n) is 6.79. The molecule has 2 aromatic rings. The molecule has 19 heavy (non-hydrogen) atoms. The second kappa shape index (κ2) is 5.08. The molecule has 0 aliphatic carbocycles. The van der Waals surface area contributed by atoms with Crippen molar-refractivity contribution in [2.24, 2.45) is 5.92 Å². The van der Waals surface area contributed by atoms with Gasteiger partial charge in [0.2, 0.25) is 0 Å². The number of aromatic nitrogens is 1. The number of nitrogen functional groups attached to an aromatic ring is 1. The van der Waals surface area contributed by atoms with Crippen LogP contribution in [0.1, 0.15) is 26.5 Å². The third-order valence-electron chi connectivity index (χ3n) is 4.00. The van der Waals surface area contributed by atoms with Gasteiger partial charge in [-0.05, 0) is 38.0 Å². The molecule has 1 heterocycles. The van der Waals surface area contributed by atoms with Crippen LogP contribution in [-0.2, 0) is 0 Å². The Morgan fingerprint density at radius 3 is 2.47 bits per heavy atom. The molecule has 1 atom stereocenters. The van der Waals surface area contributed by atoms with E-state index in [9.17, 15) is 0 Å². The van der Waals surface area contributed by atoms with E-state index in [1.807, 2.05) is 19.2 Å². The van der Waals surface area contributed by atoms with Gasteiger partial charge in [0.25, 0.3) is 0 Å². The van der Waals surface area contributed by atoms with Crippen LogP contribution in [0.2, 0.25) is 0 Å². The van der Waals surface area contributed by atoms with Crippen LogP contribution in [0.15, 0.2) is 24.4 Å². The fraction of sp³-hybridized carbons (Fsp3) is 0.438. The number of aryl methyl sites for hydroxylation is 1. The Balaban J connectivity index is 2.60. The Morgan fingerprint density at radius 1 is 1.16 bits per heavy atom. The van der Waals surface area contributed by atoms with Gasteiger partial charge in [0.1, 0.15) is 0 Å². The monoisotopic (exact) mass is 257 g/mol. The normalized spacial score (nSPS) is 12.9. The van der Waals surface area contributed by atoms with Crippen molar-refractivity contribution in [3.8, 4) is 0 Å². The summed E-state index contributed by atoms with van der Waals surface area (Å²) in [6.07, 6.45) is 1.87. The van der Waals surface area contributed by atoms with Crippen molar-refractivity contribution >= 4 is 22.1 Å². The van der Waals surface area contributed by atoms with E-state index in [2.05, 4.69) is 49.8 Å². The zero-order valence-corrected chi connectivity index (χ0v) is 12.4. The largest absolute Gasteiger partial charge is 0.398 e. The average molecular weight is 257 g/mol. The van der Waals surface area contributed by atoms with E-state index in [1.54, 1.807) is 0 Å². The summed E-state index contributed by atoms with van der Waals surface area (Å²) in [5, 5.41) is 2.22. The molecule has 1 aromatic heterocycles. The minimum atomic E-state index is 0.472. The lowest BCUT2D eigenvalue weighted by atomic mass is 10.0. The summed E-state index contributed by atoms with van der Waals surface area (Å²) >= 11 is 0. The van der Waals surface area contributed by atoms with Crippen LogP contribution >= 0.6 is 0 Å². The molecule has 0 amide bonds. The molecular formula is C16H23N3. The summed E-state index contributed by atoms with van der Waals surface area (Å²) in [6.45, 7) is 8.75. The molecule has 2 rings (SSSR count). The highest BCUT2D eigenvalue weighted by Crippen LogP contribution is 2.32. The summed E-state index contributed by atoms with van der Waals surface area (Å²) in [4.78, 5) is 6.68. The minimum absolute atomic E-state index is 0.472. The minimum Gasteiger partial charge on any atom is -0.398 e. The van der Waals surface area contributed by atoms with Crippen molar-refractivity contribution in [1.82, 2.24) is 4.98 Å². The molecule has 0 radical (unpaired) electrons. The fourth-order valence-electron chi connectivity index (χ4n) is 2.32. The van der Waals surface area contributed by atoms with Crippen molar-refractivity contribution in [3.63, 3.8) is 0 Å². The molecule has 0 bridgehead atoms. The van der Waals surface area contributed by atoms with Crippen molar-refractivity contribution in [2.75, 3.05) is 17.7 Å². The van der Waals surface area contributed by atoms with Gasteiger partial charge in [-0.25, -0.2) is 0 Å². The summed E-state index contributed by atoms with van der Waals surface area (Å²) in [6, 6.07) is 6.67. The van der Waals surface area contributed by atoms with Crippen LogP contribution in [0.5, 0.6) is 0 Å². The van der Waals surface area contributed by atoms with E-state index in [0.29, 0.717) is 12.0 Å². The first-order valence-corrected chi connectivity index (χ1v) is 6.79. The zero-order chi connectivity index (χ0) is 14.2. The molecule has 3 nitrogen and oxygen atoms in total. The maximum atomic E-state index is 6.05. The highest BCUT2D eigenvalue weighted by molar-refractivity contribution is 6.01. The molecule has 0 spiro atoms. The van der Waals surface area contributed by atoms with Gasteiger partial charge < -0.3 is 10.6 Å². The number of nitrogens with two attached hydrogens (primary N) is 1. The van der Waals surface area contributed by atoms with Crippen molar-refractivity contribution in [1.29, 1.82) is 0 Å². The molecule has 1 unspecified atom stereocenters. The number of nitrogens with zero attached hydrogens (tertiary/aromatic N) is 2. The molecule has 1 aromatic carbocycles. The van der Waals surface area contributed by atoms with Gasteiger partial charge in [-0.3, -0.25) is 4.98 Å². The van der Waals surface area contributed by atoms with Crippen molar-refractivity contribution in [2.45, 2.75) is 33.7 Å². The molecular weight excluding hydrogens is 234 g/mol. The van der Waals surface area contributed by atoms with Crippen LogP contribution < -0.4 is 10.6 Å². The highest BCUT2D eigenvalue weighted by atomic mass is 15.1. The van der Waals surface area contributed by atoms with Crippen LogP contribution in [0, 0.1) is 12.8 Å². The third kappa shape index (κ3) is 2.50. The second-order valence-corrected chi connectivity index (χ2v) is 5.64. The van der Waals surface area contributed by atoms with E-state index >= 15 is 0 Å². The predicted octanol–water partition coefficient (Wildman–Crippen LogP) is 3.61. The molecule has 0 fully saturated rings. The molecule has 102 valence electrons. The topological polar surface area (TPSA) is 42.1 Å². The first-order chi connectivity index (χ1) is 8.91. The van der Waals surface area contributed by atoms with E-state index in [1.165, 1.54) is 11.1 Å².